The lowest BCUT2D eigenvalue weighted by molar-refractivity contribution is 0.559. The Hall–Kier alpha value is -0.290. The van der Waals surface area contributed by atoms with Gasteiger partial charge in [-0.05, 0) is 0 Å². The van der Waals surface area contributed by atoms with E-state index in [4.69, 9.17) is 0 Å². The monoisotopic (exact) mass is 198 g/mol. The Morgan fingerprint density at radius 1 is 1.00 bits per heavy atom. The lowest BCUT2D eigenvalue weighted by atomic mass is 10.5. The summed E-state index contributed by atoms with van der Waals surface area (Å²) in [6.07, 6.45) is 8.14. The van der Waals surface area contributed by atoms with Crippen molar-refractivity contribution in [3.05, 3.63) is 24.3 Å². The minimum Gasteiger partial charge on any atom is -0.322 e. The van der Waals surface area contributed by atoms with Crippen molar-refractivity contribution in [1.29, 1.82) is 0 Å². The second-order valence-corrected chi connectivity index (χ2v) is 8.40. The molecule has 0 aliphatic heterocycles. The van der Waals surface area contributed by atoms with E-state index in [1.807, 2.05) is 12.2 Å². The molecule has 0 N–H and O–H groups in total. The smallest absolute Gasteiger partial charge is 0.103 e. The molecule has 0 bridgehead atoms. The summed E-state index contributed by atoms with van der Waals surface area (Å²) < 4.78 is 12.7. The molecule has 1 aliphatic carbocycles. The minimum atomic E-state index is -2.08. The fourth-order valence-corrected chi connectivity index (χ4v) is 5.28. The van der Waals surface area contributed by atoms with Crippen molar-refractivity contribution in [2.24, 2.45) is 0 Å². The van der Waals surface area contributed by atoms with Gasteiger partial charge in [0.15, 0.2) is 0 Å². The van der Waals surface area contributed by atoms with Crippen LogP contribution in [0.3, 0.4) is 0 Å². The van der Waals surface area contributed by atoms with Crippen LogP contribution < -0.4 is 0 Å². The Kier molecular flexibility index (Phi) is 3.18. The highest BCUT2D eigenvalue weighted by Crippen LogP contribution is 2.60. The molecule has 0 aromatic heterocycles. The molecule has 0 spiro atoms. The topological polar surface area (TPSA) is 17.1 Å². The number of hydrogen-bond donors (Lipinski definition) is 0. The summed E-state index contributed by atoms with van der Waals surface area (Å²) in [5.41, 5.74) is 0.752. The molecule has 0 fully saturated rings. The molecule has 0 radical (unpaired) electrons. The SMILES string of the molecule is CC(C)P(=O)(C(C)C)C1C=CC=C1. The van der Waals surface area contributed by atoms with E-state index in [2.05, 4.69) is 39.8 Å². The summed E-state index contributed by atoms with van der Waals surface area (Å²) in [7, 11) is -2.08. The maximum absolute atomic E-state index is 12.7. The van der Waals surface area contributed by atoms with Crippen LogP contribution in [0.5, 0.6) is 0 Å². The van der Waals surface area contributed by atoms with Gasteiger partial charge < -0.3 is 4.57 Å². The van der Waals surface area contributed by atoms with E-state index in [9.17, 15) is 4.57 Å². The van der Waals surface area contributed by atoms with Gasteiger partial charge in [-0.2, -0.15) is 0 Å². The van der Waals surface area contributed by atoms with Crippen LogP contribution in [-0.4, -0.2) is 17.0 Å². The summed E-state index contributed by atoms with van der Waals surface area (Å²) in [4.78, 5) is 0. The highest BCUT2D eigenvalue weighted by atomic mass is 31.2. The Morgan fingerprint density at radius 2 is 1.38 bits per heavy atom. The molecule has 0 unspecified atom stereocenters. The van der Waals surface area contributed by atoms with Crippen molar-refractivity contribution in [2.75, 3.05) is 0 Å². The maximum Gasteiger partial charge on any atom is 0.103 e. The highest BCUT2D eigenvalue weighted by Gasteiger charge is 2.36. The van der Waals surface area contributed by atoms with E-state index in [0.29, 0.717) is 0 Å². The van der Waals surface area contributed by atoms with Gasteiger partial charge in [-0.15, -0.1) is 0 Å². The predicted octanol–water partition coefficient (Wildman–Crippen LogP) is 3.66. The second kappa shape index (κ2) is 3.84. The Bertz CT molecular complexity index is 250. The quantitative estimate of drug-likeness (QED) is 0.632. The van der Waals surface area contributed by atoms with E-state index >= 15 is 0 Å². The molecule has 0 aromatic carbocycles. The van der Waals surface area contributed by atoms with E-state index in [1.165, 1.54) is 0 Å². The van der Waals surface area contributed by atoms with Crippen LogP contribution in [0.25, 0.3) is 0 Å². The Balaban J connectivity index is 2.98. The normalized spacial score (nSPS) is 18.0. The van der Waals surface area contributed by atoms with Crippen LogP contribution in [0.15, 0.2) is 24.3 Å². The minimum absolute atomic E-state index is 0.187. The predicted molar refractivity (Wildman–Crippen MR) is 59.9 cm³/mol. The Morgan fingerprint density at radius 3 is 1.69 bits per heavy atom. The van der Waals surface area contributed by atoms with Crippen molar-refractivity contribution >= 4 is 7.14 Å². The summed E-state index contributed by atoms with van der Waals surface area (Å²) in [5.74, 6) is 0. The fourth-order valence-electron chi connectivity index (χ4n) is 1.97. The second-order valence-electron chi connectivity index (χ2n) is 4.21. The third-order valence-electron chi connectivity index (χ3n) is 2.81. The first-order chi connectivity index (χ1) is 5.99. The lowest BCUT2D eigenvalue weighted by Crippen LogP contribution is -2.17. The molecule has 0 aromatic rings. The molecule has 0 atom stereocenters. The van der Waals surface area contributed by atoms with E-state index in [-0.39, 0.29) is 17.0 Å². The summed E-state index contributed by atoms with van der Waals surface area (Å²) in [5, 5.41) is 0. The summed E-state index contributed by atoms with van der Waals surface area (Å²) in [6, 6.07) is 0. The molecular formula is C11H19OP. The average molecular weight is 198 g/mol. The van der Waals surface area contributed by atoms with Crippen molar-refractivity contribution in [2.45, 2.75) is 44.7 Å². The van der Waals surface area contributed by atoms with Gasteiger partial charge in [0.2, 0.25) is 0 Å². The van der Waals surface area contributed by atoms with Crippen LogP contribution in [0.2, 0.25) is 0 Å². The molecule has 0 heterocycles. The van der Waals surface area contributed by atoms with Gasteiger partial charge in [-0.25, -0.2) is 0 Å². The molecule has 1 aliphatic rings. The fraction of sp³-hybridized carbons (Fsp3) is 0.636. The van der Waals surface area contributed by atoms with E-state index < -0.39 is 7.14 Å². The van der Waals surface area contributed by atoms with Crippen molar-refractivity contribution in [3.8, 4) is 0 Å². The van der Waals surface area contributed by atoms with E-state index in [1.54, 1.807) is 0 Å². The first kappa shape index (κ1) is 10.8. The third kappa shape index (κ3) is 1.81. The molecule has 74 valence electrons. The number of rotatable bonds is 3. The zero-order valence-corrected chi connectivity index (χ0v) is 9.79. The van der Waals surface area contributed by atoms with Gasteiger partial charge in [0, 0.05) is 17.0 Å². The molecule has 2 heteroatoms. The van der Waals surface area contributed by atoms with Crippen molar-refractivity contribution < 1.29 is 4.57 Å². The lowest BCUT2D eigenvalue weighted by Gasteiger charge is -2.29. The van der Waals surface area contributed by atoms with Crippen molar-refractivity contribution in [3.63, 3.8) is 0 Å². The van der Waals surface area contributed by atoms with E-state index in [0.717, 1.165) is 0 Å². The molecular weight excluding hydrogens is 179 g/mol. The standard InChI is InChI=1S/C11H19OP/c1-9(2)13(12,10(3)4)11-7-5-6-8-11/h5-11H,1-4H3. The molecule has 13 heavy (non-hydrogen) atoms. The van der Waals surface area contributed by atoms with Gasteiger partial charge in [0.1, 0.15) is 7.14 Å². The molecule has 1 nitrogen and oxygen atoms in total. The highest BCUT2D eigenvalue weighted by molar-refractivity contribution is 7.66. The van der Waals surface area contributed by atoms with Crippen LogP contribution in [-0.2, 0) is 4.57 Å². The average Bonchev–Trinajstić information content (AvgIpc) is 2.54. The summed E-state index contributed by atoms with van der Waals surface area (Å²) in [6.45, 7) is 8.28. The molecule has 1 rings (SSSR count). The first-order valence-corrected chi connectivity index (χ1v) is 6.85. The van der Waals surface area contributed by atoms with Crippen LogP contribution >= 0.6 is 7.14 Å². The largest absolute Gasteiger partial charge is 0.322 e. The number of hydrogen-bond acceptors (Lipinski definition) is 1. The third-order valence-corrected chi connectivity index (χ3v) is 7.31. The van der Waals surface area contributed by atoms with Crippen LogP contribution in [0, 0.1) is 0 Å². The zero-order chi connectivity index (χ0) is 10.1. The van der Waals surface area contributed by atoms with Crippen LogP contribution in [0.4, 0.5) is 0 Å². The first-order valence-electron chi connectivity index (χ1n) is 4.93. The zero-order valence-electron chi connectivity index (χ0n) is 8.90. The van der Waals surface area contributed by atoms with Gasteiger partial charge in [0.25, 0.3) is 0 Å². The number of allylic oxidation sites excluding steroid dienone is 4. The molecule has 0 amide bonds. The van der Waals surface area contributed by atoms with Crippen molar-refractivity contribution in [1.82, 2.24) is 0 Å². The van der Waals surface area contributed by atoms with Gasteiger partial charge in [-0.3, -0.25) is 0 Å². The molecule has 0 saturated heterocycles. The maximum atomic E-state index is 12.7. The van der Waals surface area contributed by atoms with Gasteiger partial charge >= 0.3 is 0 Å². The van der Waals surface area contributed by atoms with Gasteiger partial charge in [-0.1, -0.05) is 52.0 Å². The Labute approximate surface area is 81.3 Å². The van der Waals surface area contributed by atoms with Gasteiger partial charge in [0.05, 0.1) is 0 Å². The summed E-state index contributed by atoms with van der Waals surface area (Å²) >= 11 is 0. The molecule has 0 saturated carbocycles. The van der Waals surface area contributed by atoms with Crippen LogP contribution in [0.1, 0.15) is 27.7 Å².